The first kappa shape index (κ1) is 17.2. The van der Waals surface area contributed by atoms with Crippen molar-refractivity contribution in [1.82, 2.24) is 9.29 Å². The number of methoxy groups -OCH3 is 2. The summed E-state index contributed by atoms with van der Waals surface area (Å²) in [4.78, 5) is 3.37. The number of halogens is 1. The minimum Gasteiger partial charge on any atom is -0.497 e. The molecule has 0 fully saturated rings. The molecule has 0 radical (unpaired) electrons. The maximum Gasteiger partial charge on any atom is 0.244 e. The van der Waals surface area contributed by atoms with Gasteiger partial charge in [-0.05, 0) is 24.3 Å². The van der Waals surface area contributed by atoms with E-state index in [1.165, 1.54) is 21.3 Å². The maximum atomic E-state index is 13.2. The van der Waals surface area contributed by atoms with Crippen molar-refractivity contribution in [3.05, 3.63) is 48.0 Å². The molecule has 2 aromatic rings. The predicted octanol–water partition coefficient (Wildman–Crippen LogP) is 2.06. The van der Waals surface area contributed by atoms with Crippen LogP contribution in [0.3, 0.4) is 0 Å². The molecule has 6 nitrogen and oxygen atoms in total. The fourth-order valence-electron chi connectivity index (χ4n) is 2.04. The second-order valence-corrected chi connectivity index (χ2v) is 6.82. The summed E-state index contributed by atoms with van der Waals surface area (Å²) in [7, 11) is 0.547. The van der Waals surface area contributed by atoms with Gasteiger partial charge in [0.05, 0.1) is 20.4 Å². The van der Waals surface area contributed by atoms with Crippen LogP contribution < -0.4 is 9.47 Å². The fourth-order valence-corrected chi connectivity index (χ4v) is 3.17. The number of ether oxygens (including phenoxy) is 2. The third-order valence-electron chi connectivity index (χ3n) is 3.27. The molecule has 0 unspecified atom stereocenters. The highest BCUT2D eigenvalue weighted by Gasteiger charge is 2.23. The van der Waals surface area contributed by atoms with Crippen LogP contribution in [0.15, 0.2) is 41.6 Å². The van der Waals surface area contributed by atoms with Crippen molar-refractivity contribution >= 4 is 10.0 Å². The van der Waals surface area contributed by atoms with E-state index in [0.717, 1.165) is 22.8 Å². The number of aromatic nitrogens is 1. The van der Waals surface area contributed by atoms with Crippen molar-refractivity contribution in [2.24, 2.45) is 0 Å². The Hall–Kier alpha value is -2.19. The first-order valence-electron chi connectivity index (χ1n) is 6.66. The van der Waals surface area contributed by atoms with Crippen LogP contribution in [0.4, 0.5) is 4.39 Å². The van der Waals surface area contributed by atoms with Crippen molar-refractivity contribution < 1.29 is 22.3 Å². The van der Waals surface area contributed by atoms with Gasteiger partial charge in [-0.15, -0.1) is 0 Å². The molecule has 1 aromatic carbocycles. The molecule has 0 N–H and O–H groups in total. The standard InChI is InChI=1S/C15H17FN2O4S/c1-18(23(19,20)14-7-12(16)8-17-9-14)10-11-6-13(21-2)4-5-15(11)22-3/h4-9H,10H2,1-3H3. The lowest BCUT2D eigenvalue weighted by Crippen LogP contribution is -2.27. The van der Waals surface area contributed by atoms with Gasteiger partial charge in [0.25, 0.3) is 0 Å². The second-order valence-electron chi connectivity index (χ2n) is 4.78. The smallest absolute Gasteiger partial charge is 0.244 e. The second kappa shape index (κ2) is 6.93. The minimum absolute atomic E-state index is 0.0409. The van der Waals surface area contributed by atoms with Gasteiger partial charge in [0.15, 0.2) is 0 Å². The van der Waals surface area contributed by atoms with E-state index in [-0.39, 0.29) is 11.4 Å². The van der Waals surface area contributed by atoms with E-state index >= 15 is 0 Å². The Balaban J connectivity index is 2.33. The third-order valence-corrected chi connectivity index (χ3v) is 5.04. The van der Waals surface area contributed by atoms with Crippen LogP contribution in [0.25, 0.3) is 0 Å². The average Bonchev–Trinajstić information content (AvgIpc) is 2.54. The van der Waals surface area contributed by atoms with E-state index in [4.69, 9.17) is 9.47 Å². The SMILES string of the molecule is COc1ccc(OC)c(CN(C)S(=O)(=O)c2cncc(F)c2)c1. The van der Waals surface area contributed by atoms with Gasteiger partial charge < -0.3 is 9.47 Å². The van der Waals surface area contributed by atoms with Gasteiger partial charge in [0.1, 0.15) is 22.2 Å². The van der Waals surface area contributed by atoms with E-state index in [1.54, 1.807) is 18.2 Å². The molecular formula is C15H17FN2O4S. The number of hydrogen-bond donors (Lipinski definition) is 0. The van der Waals surface area contributed by atoms with Crippen molar-refractivity contribution in [2.75, 3.05) is 21.3 Å². The van der Waals surface area contributed by atoms with Crippen LogP contribution in [0.5, 0.6) is 11.5 Å². The molecule has 1 heterocycles. The number of benzene rings is 1. The quantitative estimate of drug-likeness (QED) is 0.805. The molecule has 0 aliphatic carbocycles. The Labute approximate surface area is 134 Å². The molecule has 0 atom stereocenters. The van der Waals surface area contributed by atoms with E-state index in [9.17, 15) is 12.8 Å². The molecule has 124 valence electrons. The summed E-state index contributed by atoms with van der Waals surface area (Å²) >= 11 is 0. The molecule has 0 aliphatic heterocycles. The molecule has 0 amide bonds. The lowest BCUT2D eigenvalue weighted by Gasteiger charge is -2.19. The first-order valence-corrected chi connectivity index (χ1v) is 8.10. The van der Waals surface area contributed by atoms with Gasteiger partial charge in [0, 0.05) is 25.4 Å². The van der Waals surface area contributed by atoms with Crippen molar-refractivity contribution in [3.63, 3.8) is 0 Å². The fraction of sp³-hybridized carbons (Fsp3) is 0.267. The summed E-state index contributed by atoms with van der Waals surface area (Å²) in [5.41, 5.74) is 0.627. The van der Waals surface area contributed by atoms with Gasteiger partial charge >= 0.3 is 0 Å². The first-order chi connectivity index (χ1) is 10.9. The zero-order valence-electron chi connectivity index (χ0n) is 13.0. The Bertz CT molecular complexity index is 796. The third kappa shape index (κ3) is 3.77. The van der Waals surface area contributed by atoms with Gasteiger partial charge in [-0.3, -0.25) is 4.98 Å². The highest BCUT2D eigenvalue weighted by Crippen LogP contribution is 2.26. The van der Waals surface area contributed by atoms with Crippen molar-refractivity contribution in [1.29, 1.82) is 0 Å². The van der Waals surface area contributed by atoms with E-state index < -0.39 is 15.8 Å². The molecule has 2 rings (SSSR count). The summed E-state index contributed by atoms with van der Waals surface area (Å²) in [6, 6.07) is 6.03. The Morgan fingerprint density at radius 3 is 2.52 bits per heavy atom. The topological polar surface area (TPSA) is 68.7 Å². The van der Waals surface area contributed by atoms with Crippen molar-refractivity contribution in [3.8, 4) is 11.5 Å². The molecule has 0 aliphatic rings. The van der Waals surface area contributed by atoms with Crippen LogP contribution in [0.2, 0.25) is 0 Å². The van der Waals surface area contributed by atoms with Gasteiger partial charge in [-0.25, -0.2) is 12.8 Å². The Morgan fingerprint density at radius 2 is 1.91 bits per heavy atom. The summed E-state index contributed by atoms with van der Waals surface area (Å²) < 4.78 is 49.7. The Kier molecular flexibility index (Phi) is 5.17. The predicted molar refractivity (Wildman–Crippen MR) is 82.4 cm³/mol. The summed E-state index contributed by atoms with van der Waals surface area (Å²) in [5.74, 6) is 0.405. The molecule has 0 spiro atoms. The molecule has 0 saturated carbocycles. The summed E-state index contributed by atoms with van der Waals surface area (Å²) in [6.07, 6.45) is 2.06. The molecular weight excluding hydrogens is 323 g/mol. The van der Waals surface area contributed by atoms with Crippen LogP contribution in [0, 0.1) is 5.82 Å². The monoisotopic (exact) mass is 340 g/mol. The molecule has 8 heteroatoms. The van der Waals surface area contributed by atoms with E-state index in [1.807, 2.05) is 0 Å². The van der Waals surface area contributed by atoms with Gasteiger partial charge in [-0.1, -0.05) is 0 Å². The maximum absolute atomic E-state index is 13.2. The minimum atomic E-state index is -3.87. The summed E-state index contributed by atoms with van der Waals surface area (Å²) in [6.45, 7) is 0.0409. The molecule has 1 aromatic heterocycles. The van der Waals surface area contributed by atoms with Crippen LogP contribution >= 0.6 is 0 Å². The average molecular weight is 340 g/mol. The summed E-state index contributed by atoms with van der Waals surface area (Å²) in [5, 5.41) is 0. The lowest BCUT2D eigenvalue weighted by atomic mass is 10.2. The molecule has 0 bridgehead atoms. The number of sulfonamides is 1. The number of rotatable bonds is 6. The molecule has 0 saturated heterocycles. The normalized spacial score (nSPS) is 11.5. The van der Waals surface area contributed by atoms with E-state index in [2.05, 4.69) is 4.98 Å². The highest BCUT2D eigenvalue weighted by molar-refractivity contribution is 7.89. The number of nitrogens with zero attached hydrogens (tertiary/aromatic N) is 2. The zero-order chi connectivity index (χ0) is 17.0. The lowest BCUT2D eigenvalue weighted by molar-refractivity contribution is 0.389. The van der Waals surface area contributed by atoms with E-state index in [0.29, 0.717) is 17.1 Å². The Morgan fingerprint density at radius 1 is 1.17 bits per heavy atom. The van der Waals surface area contributed by atoms with Crippen LogP contribution in [-0.2, 0) is 16.6 Å². The van der Waals surface area contributed by atoms with Crippen LogP contribution in [-0.4, -0.2) is 39.0 Å². The number of pyridine rings is 1. The van der Waals surface area contributed by atoms with Crippen LogP contribution in [0.1, 0.15) is 5.56 Å². The highest BCUT2D eigenvalue weighted by atomic mass is 32.2. The molecule has 23 heavy (non-hydrogen) atoms. The number of hydrogen-bond acceptors (Lipinski definition) is 5. The zero-order valence-corrected chi connectivity index (χ0v) is 13.8. The van der Waals surface area contributed by atoms with Crippen molar-refractivity contribution in [2.45, 2.75) is 11.4 Å². The largest absolute Gasteiger partial charge is 0.497 e. The van der Waals surface area contributed by atoms with Gasteiger partial charge in [-0.2, -0.15) is 4.31 Å². The van der Waals surface area contributed by atoms with Gasteiger partial charge in [0.2, 0.25) is 10.0 Å².